The molecule has 3 aliphatic heterocycles. The van der Waals surface area contributed by atoms with Crippen molar-refractivity contribution in [3.63, 3.8) is 0 Å². The lowest BCUT2D eigenvalue weighted by Gasteiger charge is -2.44. The molecule has 0 radical (unpaired) electrons. The van der Waals surface area contributed by atoms with Gasteiger partial charge in [0.05, 0.1) is 6.61 Å². The van der Waals surface area contributed by atoms with Gasteiger partial charge in [-0.2, -0.15) is 0 Å². The van der Waals surface area contributed by atoms with Crippen LogP contribution in [0.25, 0.3) is 11.1 Å². The Hall–Kier alpha value is -3.68. The van der Waals surface area contributed by atoms with Crippen LogP contribution in [0.4, 0.5) is 0 Å². The van der Waals surface area contributed by atoms with Gasteiger partial charge in [0, 0.05) is 63.3 Å². The Morgan fingerprint density at radius 2 is 1.48 bits per heavy atom. The molecule has 6 rings (SSSR count). The molecule has 0 unspecified atom stereocenters. The fourth-order valence-electron chi connectivity index (χ4n) is 5.91. The summed E-state index contributed by atoms with van der Waals surface area (Å²) < 4.78 is 12.7. The largest absolute Gasteiger partial charge is 0.462 e. The molecular formula is C33H37N3O4. The molecule has 1 spiro atoms. The summed E-state index contributed by atoms with van der Waals surface area (Å²) in [6.07, 6.45) is 3.83. The van der Waals surface area contributed by atoms with Crippen LogP contribution in [-0.4, -0.2) is 72.6 Å². The third kappa shape index (κ3) is 5.49. The molecule has 0 aliphatic carbocycles. The Labute approximate surface area is 236 Å². The standard InChI is InChI=1S/C33H37N3O4/c1-34(2)31(37)26-11-9-25(10-12-26)28-13-14-30-29(21-28)23-39-33(40-30)15-19-36(20-16-33)32(38)27-7-5-24(6-8-27)22-35-17-3-4-18-35/h5-14,21H,3-4,15-20,22-23H2,1-2H3. The fraction of sp³-hybridized carbons (Fsp3) is 0.394. The normalized spacial score (nSPS) is 18.3. The van der Waals surface area contributed by atoms with Gasteiger partial charge < -0.3 is 19.3 Å². The lowest BCUT2D eigenvalue weighted by Crippen LogP contribution is -2.52. The number of likely N-dealkylation sites (tertiary alicyclic amines) is 2. The van der Waals surface area contributed by atoms with Crippen LogP contribution in [0, 0.1) is 0 Å². The zero-order chi connectivity index (χ0) is 27.7. The number of carbonyl (C=O) groups is 2. The summed E-state index contributed by atoms with van der Waals surface area (Å²) in [7, 11) is 3.51. The first kappa shape index (κ1) is 26.5. The summed E-state index contributed by atoms with van der Waals surface area (Å²) in [5.74, 6) is 0.200. The molecule has 7 nitrogen and oxygen atoms in total. The van der Waals surface area contributed by atoms with Gasteiger partial charge >= 0.3 is 0 Å². The van der Waals surface area contributed by atoms with Gasteiger partial charge in [-0.05, 0) is 79.0 Å². The molecule has 208 valence electrons. The van der Waals surface area contributed by atoms with E-state index in [4.69, 9.17) is 9.47 Å². The van der Waals surface area contributed by atoms with Crippen molar-refractivity contribution in [2.24, 2.45) is 0 Å². The maximum Gasteiger partial charge on any atom is 0.253 e. The van der Waals surface area contributed by atoms with E-state index in [2.05, 4.69) is 23.1 Å². The number of hydrogen-bond acceptors (Lipinski definition) is 5. The van der Waals surface area contributed by atoms with Crippen LogP contribution in [0.5, 0.6) is 5.75 Å². The monoisotopic (exact) mass is 539 g/mol. The average Bonchev–Trinajstić information content (AvgIpc) is 3.50. The van der Waals surface area contributed by atoms with Crippen molar-refractivity contribution in [2.45, 2.75) is 44.6 Å². The third-order valence-corrected chi connectivity index (χ3v) is 8.34. The maximum atomic E-state index is 13.2. The van der Waals surface area contributed by atoms with Crippen LogP contribution < -0.4 is 4.74 Å². The molecule has 0 atom stereocenters. The van der Waals surface area contributed by atoms with E-state index < -0.39 is 5.79 Å². The number of benzene rings is 3. The van der Waals surface area contributed by atoms with Crippen LogP contribution in [0.1, 0.15) is 57.5 Å². The second kappa shape index (κ2) is 11.1. The average molecular weight is 540 g/mol. The van der Waals surface area contributed by atoms with Crippen molar-refractivity contribution in [2.75, 3.05) is 40.3 Å². The highest BCUT2D eigenvalue weighted by atomic mass is 16.7. The van der Waals surface area contributed by atoms with E-state index in [1.54, 1.807) is 19.0 Å². The summed E-state index contributed by atoms with van der Waals surface area (Å²) in [4.78, 5) is 31.4. The molecule has 3 heterocycles. The van der Waals surface area contributed by atoms with E-state index in [1.165, 1.54) is 31.5 Å². The lowest BCUT2D eigenvalue weighted by molar-refractivity contribution is -0.225. The smallest absolute Gasteiger partial charge is 0.253 e. The van der Waals surface area contributed by atoms with Gasteiger partial charge in [0.25, 0.3) is 11.8 Å². The van der Waals surface area contributed by atoms with E-state index in [0.29, 0.717) is 38.1 Å². The van der Waals surface area contributed by atoms with Gasteiger partial charge in [-0.1, -0.05) is 30.3 Å². The zero-order valence-electron chi connectivity index (χ0n) is 23.4. The highest BCUT2D eigenvalue weighted by molar-refractivity contribution is 5.95. The molecule has 0 saturated carbocycles. The minimum absolute atomic E-state index is 0.0114. The van der Waals surface area contributed by atoms with Gasteiger partial charge in [-0.15, -0.1) is 0 Å². The number of fused-ring (bicyclic) bond motifs is 1. The van der Waals surface area contributed by atoms with E-state index >= 15 is 0 Å². The maximum absolute atomic E-state index is 13.2. The van der Waals surface area contributed by atoms with Gasteiger partial charge in [0.1, 0.15) is 5.75 Å². The Balaban J connectivity index is 1.06. The SMILES string of the molecule is CN(C)C(=O)c1ccc(-c2ccc3c(c2)COC2(CCN(C(=O)c4ccc(CN5CCCC5)cc4)CC2)O3)cc1. The van der Waals surface area contributed by atoms with Gasteiger partial charge in [-0.25, -0.2) is 0 Å². The number of piperidine rings is 1. The molecule has 3 aliphatic rings. The predicted octanol–water partition coefficient (Wildman–Crippen LogP) is 5.19. The molecule has 0 N–H and O–H groups in total. The Kier molecular flexibility index (Phi) is 7.34. The van der Waals surface area contributed by atoms with E-state index in [-0.39, 0.29) is 11.8 Å². The second-order valence-corrected chi connectivity index (χ2v) is 11.4. The predicted molar refractivity (Wildman–Crippen MR) is 154 cm³/mol. The zero-order valence-corrected chi connectivity index (χ0v) is 23.4. The van der Waals surface area contributed by atoms with Gasteiger partial charge in [-0.3, -0.25) is 14.5 Å². The minimum Gasteiger partial charge on any atom is -0.462 e. The number of carbonyl (C=O) groups excluding carboxylic acids is 2. The van der Waals surface area contributed by atoms with Gasteiger partial charge in [0.2, 0.25) is 5.79 Å². The van der Waals surface area contributed by atoms with Crippen LogP contribution in [0.2, 0.25) is 0 Å². The lowest BCUT2D eigenvalue weighted by atomic mass is 9.98. The highest BCUT2D eigenvalue weighted by Crippen LogP contribution is 2.39. The first-order valence-electron chi connectivity index (χ1n) is 14.3. The molecule has 3 aromatic carbocycles. The van der Waals surface area contributed by atoms with E-state index in [0.717, 1.165) is 34.5 Å². The van der Waals surface area contributed by atoms with Crippen molar-refractivity contribution < 1.29 is 19.1 Å². The Bertz CT molecular complexity index is 1370. The van der Waals surface area contributed by atoms with Crippen molar-refractivity contribution in [1.82, 2.24) is 14.7 Å². The Morgan fingerprint density at radius 3 is 2.15 bits per heavy atom. The first-order chi connectivity index (χ1) is 19.4. The summed E-state index contributed by atoms with van der Waals surface area (Å²) >= 11 is 0. The molecule has 0 bridgehead atoms. The molecule has 40 heavy (non-hydrogen) atoms. The quantitative estimate of drug-likeness (QED) is 0.447. The van der Waals surface area contributed by atoms with Crippen molar-refractivity contribution >= 4 is 11.8 Å². The molecular weight excluding hydrogens is 502 g/mol. The third-order valence-electron chi connectivity index (χ3n) is 8.34. The minimum atomic E-state index is -0.695. The van der Waals surface area contributed by atoms with E-state index in [9.17, 15) is 9.59 Å². The topological polar surface area (TPSA) is 62.3 Å². The van der Waals surface area contributed by atoms with E-state index in [1.807, 2.05) is 53.4 Å². The molecule has 2 fully saturated rings. The van der Waals surface area contributed by atoms with Crippen molar-refractivity contribution in [3.05, 3.63) is 89.0 Å². The summed E-state index contributed by atoms with van der Waals surface area (Å²) in [6, 6.07) is 21.9. The number of nitrogens with zero attached hydrogens (tertiary/aromatic N) is 3. The molecule has 2 saturated heterocycles. The fourth-order valence-corrected chi connectivity index (χ4v) is 5.91. The molecule has 7 heteroatoms. The summed E-state index contributed by atoms with van der Waals surface area (Å²) in [5, 5.41) is 0. The molecule has 3 aromatic rings. The van der Waals surface area contributed by atoms with Crippen LogP contribution in [-0.2, 0) is 17.9 Å². The highest BCUT2D eigenvalue weighted by Gasteiger charge is 2.42. The van der Waals surface area contributed by atoms with Crippen molar-refractivity contribution in [3.8, 4) is 16.9 Å². The second-order valence-electron chi connectivity index (χ2n) is 11.4. The van der Waals surface area contributed by atoms with Crippen molar-refractivity contribution in [1.29, 1.82) is 0 Å². The molecule has 0 aromatic heterocycles. The number of amides is 2. The summed E-state index contributed by atoms with van der Waals surface area (Å²) in [5.41, 5.74) is 5.76. The summed E-state index contributed by atoms with van der Waals surface area (Å²) in [6.45, 7) is 4.95. The first-order valence-corrected chi connectivity index (χ1v) is 14.3. The molecule has 2 amide bonds. The Morgan fingerprint density at radius 1 is 0.825 bits per heavy atom. The van der Waals surface area contributed by atoms with Gasteiger partial charge in [0.15, 0.2) is 0 Å². The van der Waals surface area contributed by atoms with Crippen LogP contribution >= 0.6 is 0 Å². The number of hydrogen-bond donors (Lipinski definition) is 0. The number of ether oxygens (including phenoxy) is 2. The van der Waals surface area contributed by atoms with Crippen LogP contribution in [0.15, 0.2) is 66.7 Å². The van der Waals surface area contributed by atoms with Crippen LogP contribution in [0.3, 0.4) is 0 Å². The number of rotatable bonds is 5.